The zero-order valence-electron chi connectivity index (χ0n) is 34.1. The van der Waals surface area contributed by atoms with Crippen LogP contribution in [0.3, 0.4) is 0 Å². The molecule has 0 bridgehead atoms. The molecular weight excluding hydrogens is 767 g/mol. The minimum Gasteiger partial charge on any atom is -0.455 e. The quantitative estimate of drug-likeness (QED) is 0.151. The van der Waals surface area contributed by atoms with Crippen molar-refractivity contribution in [3.05, 3.63) is 224 Å². The van der Waals surface area contributed by atoms with Crippen LogP contribution in [0, 0.1) is 0 Å². The lowest BCUT2D eigenvalue weighted by Gasteiger charge is -2.11. The fraction of sp³-hybridized carbons (Fsp3) is 0. The van der Waals surface area contributed by atoms with Crippen LogP contribution in [0.1, 0.15) is 0 Å². The molecule has 9 aromatic carbocycles. The molecule has 0 saturated carbocycles. The van der Waals surface area contributed by atoms with Crippen LogP contribution in [0.2, 0.25) is 0 Å². The SMILES string of the molecule is c1ccc(-c2cc(-c3ccc(-c4ccc(-c5ccc(-c6cccc7c6oc6ccc8c(-c9ccccc9)nc9ccccc9c8c67)cc5)cc4)cc3)nc(-c3ccccc3)n2)cc1. The Morgan fingerprint density at radius 1 is 0.302 bits per heavy atom. The third-order valence-corrected chi connectivity index (χ3v) is 12.1. The highest BCUT2D eigenvalue weighted by Gasteiger charge is 2.19. The molecule has 12 rings (SSSR count). The van der Waals surface area contributed by atoms with Gasteiger partial charge >= 0.3 is 0 Å². The van der Waals surface area contributed by atoms with E-state index in [-0.39, 0.29) is 0 Å². The molecule has 12 aromatic rings. The van der Waals surface area contributed by atoms with E-state index < -0.39 is 0 Å². The third-order valence-electron chi connectivity index (χ3n) is 12.1. The molecule has 3 aromatic heterocycles. The summed E-state index contributed by atoms with van der Waals surface area (Å²) < 4.78 is 6.76. The summed E-state index contributed by atoms with van der Waals surface area (Å²) in [6.07, 6.45) is 0. The Balaban J connectivity index is 0.845. The number of para-hydroxylation sites is 2. The van der Waals surface area contributed by atoms with Gasteiger partial charge in [-0.3, -0.25) is 0 Å². The summed E-state index contributed by atoms with van der Waals surface area (Å²) in [7, 11) is 0. The molecule has 0 amide bonds. The van der Waals surface area contributed by atoms with Crippen LogP contribution in [0.15, 0.2) is 229 Å². The van der Waals surface area contributed by atoms with Gasteiger partial charge in [0.25, 0.3) is 0 Å². The van der Waals surface area contributed by atoms with Crippen LogP contribution in [0.5, 0.6) is 0 Å². The van der Waals surface area contributed by atoms with Gasteiger partial charge in [0.05, 0.1) is 22.6 Å². The summed E-state index contributed by atoms with van der Waals surface area (Å²) in [4.78, 5) is 15.1. The second kappa shape index (κ2) is 15.2. The van der Waals surface area contributed by atoms with Crippen LogP contribution in [0.25, 0.3) is 122 Å². The molecule has 4 nitrogen and oxygen atoms in total. The summed E-state index contributed by atoms with van der Waals surface area (Å²) >= 11 is 0. The Hall–Kier alpha value is -8.47. The number of hydrogen-bond donors (Lipinski definition) is 0. The largest absolute Gasteiger partial charge is 0.455 e. The minimum atomic E-state index is 0.713. The zero-order chi connectivity index (χ0) is 41.7. The van der Waals surface area contributed by atoms with Gasteiger partial charge in [0.1, 0.15) is 11.2 Å². The molecule has 0 atom stereocenters. The first-order valence-electron chi connectivity index (χ1n) is 21.3. The number of pyridine rings is 1. The number of rotatable bonds is 7. The van der Waals surface area contributed by atoms with E-state index in [2.05, 4.69) is 182 Å². The molecule has 0 aliphatic heterocycles. The van der Waals surface area contributed by atoms with E-state index in [9.17, 15) is 0 Å². The van der Waals surface area contributed by atoms with E-state index in [1.54, 1.807) is 0 Å². The van der Waals surface area contributed by atoms with Crippen LogP contribution < -0.4 is 0 Å². The molecule has 294 valence electrons. The fourth-order valence-corrected chi connectivity index (χ4v) is 8.97. The highest BCUT2D eigenvalue weighted by Crippen LogP contribution is 2.43. The van der Waals surface area contributed by atoms with Gasteiger partial charge in [-0.05, 0) is 52.1 Å². The molecule has 0 unspecified atom stereocenters. The highest BCUT2D eigenvalue weighted by atomic mass is 16.3. The lowest BCUT2D eigenvalue weighted by molar-refractivity contribution is 0.670. The van der Waals surface area contributed by atoms with E-state index in [1.807, 2.05) is 42.5 Å². The van der Waals surface area contributed by atoms with Crippen LogP contribution in [0.4, 0.5) is 0 Å². The van der Waals surface area contributed by atoms with Gasteiger partial charge in [-0.15, -0.1) is 0 Å². The molecular formula is C59H37N3O. The monoisotopic (exact) mass is 803 g/mol. The molecule has 3 heterocycles. The first-order valence-corrected chi connectivity index (χ1v) is 21.3. The Morgan fingerprint density at radius 3 is 1.41 bits per heavy atom. The van der Waals surface area contributed by atoms with Crippen LogP contribution >= 0.6 is 0 Å². The van der Waals surface area contributed by atoms with Crippen molar-refractivity contribution in [3.8, 4) is 78.5 Å². The van der Waals surface area contributed by atoms with Crippen molar-refractivity contribution in [1.29, 1.82) is 0 Å². The third kappa shape index (κ3) is 6.53. The Labute approximate surface area is 364 Å². The van der Waals surface area contributed by atoms with Gasteiger partial charge < -0.3 is 4.42 Å². The van der Waals surface area contributed by atoms with E-state index in [4.69, 9.17) is 19.4 Å². The summed E-state index contributed by atoms with van der Waals surface area (Å²) in [6, 6.07) is 78.5. The number of nitrogens with zero attached hydrogens (tertiary/aromatic N) is 3. The van der Waals surface area contributed by atoms with Gasteiger partial charge in [-0.25, -0.2) is 15.0 Å². The van der Waals surface area contributed by atoms with E-state index in [1.165, 1.54) is 5.39 Å². The van der Waals surface area contributed by atoms with Gasteiger partial charge in [-0.2, -0.15) is 0 Å². The molecule has 0 saturated heterocycles. The first kappa shape index (κ1) is 36.4. The van der Waals surface area contributed by atoms with Gasteiger partial charge in [0.15, 0.2) is 5.82 Å². The standard InChI is InChI=1S/C59H37N3O/c1-4-13-43(14-5-1)52-37-53(62-59(61-52)46-17-8-3-9-18-46)44-33-29-41(30-34-44)39-25-23-38(24-26-39)40-27-31-42(32-28-40)47-20-12-21-50-56-54(63-58(47)50)36-35-49-55(56)48-19-10-11-22-51(48)60-57(49)45-15-6-2-7-16-45/h1-37H. The Morgan fingerprint density at radius 2 is 0.794 bits per heavy atom. The van der Waals surface area contributed by atoms with Crippen molar-refractivity contribution in [2.24, 2.45) is 0 Å². The number of furan rings is 1. The van der Waals surface area contributed by atoms with E-state index in [0.29, 0.717) is 5.82 Å². The molecule has 0 aliphatic rings. The predicted octanol–water partition coefficient (Wildman–Crippen LogP) is 15.7. The van der Waals surface area contributed by atoms with Crippen molar-refractivity contribution >= 4 is 43.6 Å². The topological polar surface area (TPSA) is 51.8 Å². The van der Waals surface area contributed by atoms with Crippen molar-refractivity contribution < 1.29 is 4.42 Å². The first-order chi connectivity index (χ1) is 31.2. The summed E-state index contributed by atoms with van der Waals surface area (Å²) in [5.74, 6) is 0.713. The second-order valence-electron chi connectivity index (χ2n) is 15.9. The average molecular weight is 804 g/mol. The zero-order valence-corrected chi connectivity index (χ0v) is 34.1. The van der Waals surface area contributed by atoms with Gasteiger partial charge in [-0.1, -0.05) is 200 Å². The van der Waals surface area contributed by atoms with Gasteiger partial charge in [0, 0.05) is 54.7 Å². The summed E-state index contributed by atoms with van der Waals surface area (Å²) in [5.41, 5.74) is 16.5. The Bertz CT molecular complexity index is 3560. The summed E-state index contributed by atoms with van der Waals surface area (Å²) in [5, 5.41) is 5.63. The number of hydrogen-bond acceptors (Lipinski definition) is 4. The van der Waals surface area contributed by atoms with E-state index >= 15 is 0 Å². The van der Waals surface area contributed by atoms with Crippen molar-refractivity contribution in [1.82, 2.24) is 15.0 Å². The molecule has 0 aliphatic carbocycles. The molecule has 0 fully saturated rings. The van der Waals surface area contributed by atoms with Gasteiger partial charge in [0.2, 0.25) is 0 Å². The molecule has 4 heteroatoms. The number of aromatic nitrogens is 3. The molecule has 0 N–H and O–H groups in total. The minimum absolute atomic E-state index is 0.713. The normalized spacial score (nSPS) is 11.5. The van der Waals surface area contributed by atoms with Crippen LogP contribution in [-0.4, -0.2) is 15.0 Å². The van der Waals surface area contributed by atoms with E-state index in [0.717, 1.165) is 111 Å². The predicted molar refractivity (Wildman–Crippen MR) is 260 cm³/mol. The number of benzene rings is 9. The second-order valence-corrected chi connectivity index (χ2v) is 15.9. The summed E-state index contributed by atoms with van der Waals surface area (Å²) in [6.45, 7) is 0. The maximum Gasteiger partial charge on any atom is 0.160 e. The van der Waals surface area contributed by atoms with Crippen molar-refractivity contribution in [2.75, 3.05) is 0 Å². The average Bonchev–Trinajstić information content (AvgIpc) is 3.76. The molecule has 63 heavy (non-hydrogen) atoms. The van der Waals surface area contributed by atoms with Crippen molar-refractivity contribution in [3.63, 3.8) is 0 Å². The number of fused-ring (bicyclic) bond motifs is 7. The molecule has 0 radical (unpaired) electrons. The van der Waals surface area contributed by atoms with Crippen molar-refractivity contribution in [2.45, 2.75) is 0 Å². The maximum absolute atomic E-state index is 6.76. The maximum atomic E-state index is 6.76. The Kier molecular flexibility index (Phi) is 8.79. The lowest BCUT2D eigenvalue weighted by Crippen LogP contribution is -1.95. The smallest absolute Gasteiger partial charge is 0.160 e. The lowest BCUT2D eigenvalue weighted by atomic mass is 9.95. The fourth-order valence-electron chi connectivity index (χ4n) is 8.97. The highest BCUT2D eigenvalue weighted by molar-refractivity contribution is 6.29. The van der Waals surface area contributed by atoms with Crippen LogP contribution in [-0.2, 0) is 0 Å². The molecule has 0 spiro atoms.